The van der Waals surface area contributed by atoms with Crippen molar-refractivity contribution in [2.24, 2.45) is 0 Å². The standard InChI is InChI=1S/C21H17ClN2O6/c1-3-8-30-18-16(22)10-12(11-17(18)29-2)9-15-19(26)23-21(28)24(20(15)27)13-4-6-14(25)7-5-13/h3-7,9-11,25H,1,8H2,2H3,(H,23,26,28)/b15-9+. The van der Waals surface area contributed by atoms with Crippen molar-refractivity contribution >= 4 is 41.2 Å². The minimum atomic E-state index is -0.892. The van der Waals surface area contributed by atoms with Crippen LogP contribution in [-0.2, 0) is 9.59 Å². The molecule has 0 radical (unpaired) electrons. The first-order chi connectivity index (χ1) is 14.3. The molecule has 3 rings (SSSR count). The van der Waals surface area contributed by atoms with E-state index in [0.717, 1.165) is 4.90 Å². The maximum absolute atomic E-state index is 12.9. The smallest absolute Gasteiger partial charge is 0.335 e. The molecule has 1 aliphatic rings. The first-order valence-electron chi connectivity index (χ1n) is 8.67. The molecule has 0 aliphatic carbocycles. The molecule has 0 aromatic heterocycles. The number of rotatable bonds is 6. The van der Waals surface area contributed by atoms with Gasteiger partial charge in [0, 0.05) is 0 Å². The van der Waals surface area contributed by atoms with Crippen molar-refractivity contribution in [3.05, 3.63) is 65.2 Å². The maximum Gasteiger partial charge on any atom is 0.335 e. The van der Waals surface area contributed by atoms with Gasteiger partial charge in [0.2, 0.25) is 0 Å². The van der Waals surface area contributed by atoms with Gasteiger partial charge < -0.3 is 14.6 Å². The number of aromatic hydroxyl groups is 1. The second kappa shape index (κ2) is 8.71. The van der Waals surface area contributed by atoms with Crippen LogP contribution in [0.1, 0.15) is 5.56 Å². The number of anilines is 1. The van der Waals surface area contributed by atoms with Crippen molar-refractivity contribution in [1.29, 1.82) is 0 Å². The quantitative estimate of drug-likeness (QED) is 0.415. The molecule has 0 bridgehead atoms. The highest BCUT2D eigenvalue weighted by Crippen LogP contribution is 2.37. The zero-order chi connectivity index (χ0) is 21.8. The minimum Gasteiger partial charge on any atom is -0.508 e. The van der Waals surface area contributed by atoms with Gasteiger partial charge in [-0.2, -0.15) is 0 Å². The molecular formula is C21H17ClN2O6. The Hall–Kier alpha value is -3.78. The number of nitrogens with zero attached hydrogens (tertiary/aromatic N) is 1. The van der Waals surface area contributed by atoms with Crippen molar-refractivity contribution in [1.82, 2.24) is 5.32 Å². The monoisotopic (exact) mass is 428 g/mol. The van der Waals surface area contributed by atoms with Crippen molar-refractivity contribution < 1.29 is 29.0 Å². The number of benzene rings is 2. The first-order valence-corrected chi connectivity index (χ1v) is 9.05. The van der Waals surface area contributed by atoms with Gasteiger partial charge in [-0.1, -0.05) is 24.3 Å². The molecule has 1 aliphatic heterocycles. The zero-order valence-electron chi connectivity index (χ0n) is 15.8. The number of barbiturate groups is 1. The van der Waals surface area contributed by atoms with Crippen molar-refractivity contribution in [3.63, 3.8) is 0 Å². The van der Waals surface area contributed by atoms with Crippen LogP contribution in [0.25, 0.3) is 6.08 Å². The van der Waals surface area contributed by atoms with E-state index >= 15 is 0 Å². The summed E-state index contributed by atoms with van der Waals surface area (Å²) in [7, 11) is 1.42. The first kappa shape index (κ1) is 20.9. The predicted molar refractivity (Wildman–Crippen MR) is 111 cm³/mol. The molecule has 0 atom stereocenters. The number of halogens is 1. The summed E-state index contributed by atoms with van der Waals surface area (Å²) in [6.45, 7) is 3.78. The topological polar surface area (TPSA) is 105 Å². The van der Waals surface area contributed by atoms with E-state index in [1.165, 1.54) is 43.5 Å². The Morgan fingerprint density at radius 2 is 1.90 bits per heavy atom. The lowest BCUT2D eigenvalue weighted by Crippen LogP contribution is -2.54. The Kier molecular flexibility index (Phi) is 6.08. The highest BCUT2D eigenvalue weighted by molar-refractivity contribution is 6.39. The van der Waals surface area contributed by atoms with E-state index in [9.17, 15) is 19.5 Å². The zero-order valence-corrected chi connectivity index (χ0v) is 16.6. The SMILES string of the molecule is C=CCOc1c(Cl)cc(/C=C2\C(=O)NC(=O)N(c3ccc(O)cc3)C2=O)cc1OC. The molecule has 2 aromatic rings. The third-order valence-corrected chi connectivity index (χ3v) is 4.40. The van der Waals surface area contributed by atoms with Crippen LogP contribution in [0.15, 0.2) is 54.6 Å². The second-order valence-corrected chi connectivity index (χ2v) is 6.52. The van der Waals surface area contributed by atoms with Crippen LogP contribution in [0, 0.1) is 0 Å². The van der Waals surface area contributed by atoms with Gasteiger partial charge in [-0.3, -0.25) is 14.9 Å². The van der Waals surface area contributed by atoms with Gasteiger partial charge in [0.05, 0.1) is 17.8 Å². The number of amides is 4. The van der Waals surface area contributed by atoms with E-state index in [1.807, 2.05) is 0 Å². The van der Waals surface area contributed by atoms with Gasteiger partial charge in [-0.05, 0) is 48.0 Å². The van der Waals surface area contributed by atoms with Crippen molar-refractivity contribution in [3.8, 4) is 17.2 Å². The number of phenols is 1. The Morgan fingerprint density at radius 3 is 2.53 bits per heavy atom. The van der Waals surface area contributed by atoms with Gasteiger partial charge in [-0.25, -0.2) is 9.69 Å². The molecule has 154 valence electrons. The summed E-state index contributed by atoms with van der Waals surface area (Å²) in [6, 6.07) is 7.55. The molecule has 2 aromatic carbocycles. The van der Waals surface area contributed by atoms with Crippen LogP contribution in [0.2, 0.25) is 5.02 Å². The lowest BCUT2D eigenvalue weighted by atomic mass is 10.1. The average molecular weight is 429 g/mol. The number of carbonyl (C=O) groups excluding carboxylic acids is 3. The lowest BCUT2D eigenvalue weighted by Gasteiger charge is -2.26. The number of nitrogens with one attached hydrogen (secondary N) is 1. The third-order valence-electron chi connectivity index (χ3n) is 4.12. The van der Waals surface area contributed by atoms with Gasteiger partial charge in [0.25, 0.3) is 11.8 Å². The van der Waals surface area contributed by atoms with Crippen LogP contribution < -0.4 is 19.7 Å². The van der Waals surface area contributed by atoms with E-state index < -0.39 is 17.8 Å². The van der Waals surface area contributed by atoms with Crippen LogP contribution in [0.5, 0.6) is 17.2 Å². The highest BCUT2D eigenvalue weighted by atomic mass is 35.5. The summed E-state index contributed by atoms with van der Waals surface area (Å²) >= 11 is 6.26. The predicted octanol–water partition coefficient (Wildman–Crippen LogP) is 3.29. The molecule has 0 spiro atoms. The fourth-order valence-corrected chi connectivity index (χ4v) is 3.04. The van der Waals surface area contributed by atoms with Crippen molar-refractivity contribution in [2.45, 2.75) is 0 Å². The van der Waals surface area contributed by atoms with Crippen LogP contribution in [0.4, 0.5) is 10.5 Å². The fraction of sp³-hybridized carbons (Fsp3) is 0.0952. The summed E-state index contributed by atoms with van der Waals surface area (Å²) in [5.74, 6) is -1.11. The molecular weight excluding hydrogens is 412 g/mol. The minimum absolute atomic E-state index is 0.0315. The molecule has 1 fully saturated rings. The van der Waals surface area contributed by atoms with E-state index in [0.29, 0.717) is 17.1 Å². The number of ether oxygens (including phenoxy) is 2. The number of urea groups is 1. The Labute approximate surface area is 177 Å². The number of phenolic OH excluding ortho intramolecular Hbond substituents is 1. The average Bonchev–Trinajstić information content (AvgIpc) is 2.71. The van der Waals surface area contributed by atoms with Crippen LogP contribution in [0.3, 0.4) is 0 Å². The van der Waals surface area contributed by atoms with Gasteiger partial charge in [0.1, 0.15) is 17.9 Å². The van der Waals surface area contributed by atoms with Crippen LogP contribution >= 0.6 is 11.6 Å². The van der Waals surface area contributed by atoms with Gasteiger partial charge in [0.15, 0.2) is 11.5 Å². The number of imide groups is 2. The molecule has 0 saturated carbocycles. The summed E-state index contributed by atoms with van der Waals surface area (Å²) < 4.78 is 10.8. The molecule has 1 heterocycles. The Bertz CT molecular complexity index is 1060. The normalized spacial score (nSPS) is 15.2. The Morgan fingerprint density at radius 1 is 1.20 bits per heavy atom. The molecule has 8 nitrogen and oxygen atoms in total. The second-order valence-electron chi connectivity index (χ2n) is 6.11. The van der Waals surface area contributed by atoms with Gasteiger partial charge in [-0.15, -0.1) is 0 Å². The van der Waals surface area contributed by atoms with Gasteiger partial charge >= 0.3 is 6.03 Å². The maximum atomic E-state index is 12.9. The summed E-state index contributed by atoms with van der Waals surface area (Å²) in [5, 5.41) is 11.7. The van der Waals surface area contributed by atoms with E-state index in [4.69, 9.17) is 21.1 Å². The third kappa shape index (κ3) is 4.13. The fourth-order valence-electron chi connectivity index (χ4n) is 2.77. The molecule has 9 heteroatoms. The number of carbonyl (C=O) groups is 3. The molecule has 4 amide bonds. The number of hydrogen-bond acceptors (Lipinski definition) is 6. The summed E-state index contributed by atoms with van der Waals surface area (Å²) in [4.78, 5) is 38.2. The van der Waals surface area contributed by atoms with Crippen molar-refractivity contribution in [2.75, 3.05) is 18.6 Å². The largest absolute Gasteiger partial charge is 0.508 e. The molecule has 1 saturated heterocycles. The van der Waals surface area contributed by atoms with E-state index in [1.54, 1.807) is 12.1 Å². The molecule has 30 heavy (non-hydrogen) atoms. The van der Waals surface area contributed by atoms with Crippen LogP contribution in [-0.4, -0.2) is 36.7 Å². The number of methoxy groups -OCH3 is 1. The molecule has 0 unspecified atom stereocenters. The number of hydrogen-bond donors (Lipinski definition) is 2. The summed E-state index contributed by atoms with van der Waals surface area (Å²) in [6.07, 6.45) is 2.84. The molecule has 2 N–H and O–H groups in total. The Balaban J connectivity index is 2.01. The van der Waals surface area contributed by atoms with E-state index in [2.05, 4.69) is 11.9 Å². The highest BCUT2D eigenvalue weighted by Gasteiger charge is 2.36. The van der Waals surface area contributed by atoms with E-state index in [-0.39, 0.29) is 28.6 Å². The summed E-state index contributed by atoms with van der Waals surface area (Å²) in [5.41, 5.74) is 0.305. The lowest BCUT2D eigenvalue weighted by molar-refractivity contribution is -0.122.